The Morgan fingerprint density at radius 3 is 2.45 bits per heavy atom. The second-order valence-electron chi connectivity index (χ2n) is 6.79. The zero-order chi connectivity index (χ0) is 21.6. The van der Waals surface area contributed by atoms with Gasteiger partial charge in [0.2, 0.25) is 5.91 Å². The van der Waals surface area contributed by atoms with Gasteiger partial charge in [0.15, 0.2) is 0 Å². The lowest BCUT2D eigenvalue weighted by atomic mass is 10.1. The van der Waals surface area contributed by atoms with Crippen molar-refractivity contribution in [3.63, 3.8) is 0 Å². The van der Waals surface area contributed by atoms with Crippen LogP contribution in [-0.4, -0.2) is 16.6 Å². The molecule has 0 aliphatic carbocycles. The van der Waals surface area contributed by atoms with Crippen LogP contribution in [0.4, 0.5) is 0 Å². The molecule has 1 aromatic carbocycles. The van der Waals surface area contributed by atoms with E-state index in [0.717, 1.165) is 26.6 Å². The maximum atomic E-state index is 12.6. The summed E-state index contributed by atoms with van der Waals surface area (Å²) in [6, 6.07) is 22.0. The van der Waals surface area contributed by atoms with Crippen LogP contribution >= 0.6 is 34.4 Å². The zero-order valence-corrected chi connectivity index (χ0v) is 19.2. The molecule has 0 bridgehead atoms. The molecule has 7 heteroatoms. The highest BCUT2D eigenvalue weighted by Crippen LogP contribution is 2.37. The number of carbonyl (C=O) groups excluding carboxylic acids is 1. The lowest BCUT2D eigenvalue weighted by Crippen LogP contribution is -2.28. The quantitative estimate of drug-likeness (QED) is 0.324. The van der Waals surface area contributed by atoms with E-state index in [1.165, 1.54) is 11.8 Å². The number of hydrogen-bond donors (Lipinski definition) is 1. The Morgan fingerprint density at radius 1 is 1.10 bits per heavy atom. The molecule has 1 N–H and O–H groups in total. The Kier molecular flexibility index (Phi) is 6.82. The number of carbonyl (C=O) groups is 1. The Morgan fingerprint density at radius 2 is 1.81 bits per heavy atom. The predicted octanol–water partition coefficient (Wildman–Crippen LogP) is 6.38. The van der Waals surface area contributed by atoms with Crippen LogP contribution in [0.1, 0.15) is 24.1 Å². The summed E-state index contributed by atoms with van der Waals surface area (Å²) in [6.07, 6.45) is 0. The summed E-state index contributed by atoms with van der Waals surface area (Å²) in [5, 5.41) is 17.5. The van der Waals surface area contributed by atoms with Crippen LogP contribution < -0.4 is 5.32 Å². The van der Waals surface area contributed by atoms with Gasteiger partial charge in [0.25, 0.3) is 0 Å². The molecule has 4 rings (SSSR count). The summed E-state index contributed by atoms with van der Waals surface area (Å²) in [4.78, 5) is 19.4. The SMILES string of the molecule is C[C@@H](NC(=O)CSc1nc(-c2cccs2)cc(-c2cccs2)c1C#N)c1ccccc1. The van der Waals surface area contributed by atoms with E-state index in [-0.39, 0.29) is 17.7 Å². The van der Waals surface area contributed by atoms with Crippen LogP contribution in [0.5, 0.6) is 0 Å². The second kappa shape index (κ2) is 9.92. The molecular weight excluding hydrogens is 442 g/mol. The molecule has 4 aromatic rings. The summed E-state index contributed by atoms with van der Waals surface area (Å²) >= 11 is 4.49. The Balaban J connectivity index is 1.58. The fourth-order valence-corrected chi connectivity index (χ4v) is 5.40. The summed E-state index contributed by atoms with van der Waals surface area (Å²) in [6.45, 7) is 1.96. The number of thiophene rings is 2. The molecule has 3 heterocycles. The van der Waals surface area contributed by atoms with Gasteiger partial charge in [0.1, 0.15) is 11.1 Å². The molecule has 0 saturated carbocycles. The van der Waals surface area contributed by atoms with Gasteiger partial charge in [-0.3, -0.25) is 4.79 Å². The maximum absolute atomic E-state index is 12.6. The second-order valence-corrected chi connectivity index (χ2v) is 9.65. The minimum absolute atomic E-state index is 0.0863. The van der Waals surface area contributed by atoms with Crippen molar-refractivity contribution >= 4 is 40.3 Å². The molecule has 154 valence electrons. The smallest absolute Gasteiger partial charge is 0.230 e. The van der Waals surface area contributed by atoms with Gasteiger partial charge in [-0.05, 0) is 41.4 Å². The van der Waals surface area contributed by atoms with Crippen LogP contribution in [-0.2, 0) is 4.79 Å². The van der Waals surface area contributed by atoms with E-state index in [0.29, 0.717) is 10.6 Å². The number of aromatic nitrogens is 1. The summed E-state index contributed by atoms with van der Waals surface area (Å²) in [5.41, 5.74) is 3.24. The average Bonchev–Trinajstić information content (AvgIpc) is 3.52. The number of thioether (sulfide) groups is 1. The van der Waals surface area contributed by atoms with Crippen LogP contribution in [0, 0.1) is 11.3 Å². The van der Waals surface area contributed by atoms with Crippen molar-refractivity contribution in [2.24, 2.45) is 0 Å². The molecule has 0 fully saturated rings. The summed E-state index contributed by atoms with van der Waals surface area (Å²) < 4.78 is 0. The van der Waals surface area contributed by atoms with Gasteiger partial charge in [-0.1, -0.05) is 54.2 Å². The number of hydrogen-bond acceptors (Lipinski definition) is 6. The molecular formula is C24H19N3OS3. The molecule has 31 heavy (non-hydrogen) atoms. The van der Waals surface area contributed by atoms with Gasteiger partial charge in [0, 0.05) is 10.4 Å². The monoisotopic (exact) mass is 461 g/mol. The fraction of sp³-hybridized carbons (Fsp3) is 0.125. The van der Waals surface area contributed by atoms with Gasteiger partial charge in [-0.2, -0.15) is 5.26 Å². The van der Waals surface area contributed by atoms with Crippen molar-refractivity contribution in [1.29, 1.82) is 5.26 Å². The minimum Gasteiger partial charge on any atom is -0.349 e. The number of amides is 1. The zero-order valence-electron chi connectivity index (χ0n) is 16.7. The highest BCUT2D eigenvalue weighted by Gasteiger charge is 2.18. The minimum atomic E-state index is -0.0914. The van der Waals surface area contributed by atoms with E-state index < -0.39 is 0 Å². The number of pyridine rings is 1. The third kappa shape index (κ3) is 5.05. The van der Waals surface area contributed by atoms with Crippen LogP contribution in [0.3, 0.4) is 0 Å². The summed E-state index contributed by atoms with van der Waals surface area (Å²) in [5.74, 6) is 0.0997. The normalized spacial score (nSPS) is 11.6. The average molecular weight is 462 g/mol. The lowest BCUT2D eigenvalue weighted by Gasteiger charge is -2.15. The molecule has 0 spiro atoms. The van der Waals surface area contributed by atoms with E-state index in [9.17, 15) is 10.1 Å². The summed E-state index contributed by atoms with van der Waals surface area (Å²) in [7, 11) is 0. The van der Waals surface area contributed by atoms with Gasteiger partial charge in [-0.25, -0.2) is 4.98 Å². The van der Waals surface area contributed by atoms with Gasteiger partial charge in [-0.15, -0.1) is 22.7 Å². The Hall–Kier alpha value is -2.92. The number of nitrogens with zero attached hydrogens (tertiary/aromatic N) is 2. The molecule has 0 radical (unpaired) electrons. The van der Waals surface area contributed by atoms with Crippen LogP contribution in [0.15, 0.2) is 76.4 Å². The fourth-order valence-electron chi connectivity index (χ4n) is 3.15. The van der Waals surface area contributed by atoms with Crippen molar-refractivity contribution in [1.82, 2.24) is 10.3 Å². The largest absolute Gasteiger partial charge is 0.349 e. The Labute approximate surface area is 193 Å². The van der Waals surface area contributed by atoms with E-state index in [1.54, 1.807) is 22.7 Å². The highest BCUT2D eigenvalue weighted by molar-refractivity contribution is 8.00. The molecule has 3 aromatic heterocycles. The van der Waals surface area contributed by atoms with Crippen molar-refractivity contribution < 1.29 is 4.79 Å². The van der Waals surface area contributed by atoms with E-state index in [4.69, 9.17) is 4.98 Å². The first-order valence-corrected chi connectivity index (χ1v) is 12.4. The topological polar surface area (TPSA) is 65.8 Å². The molecule has 1 amide bonds. The molecule has 0 aliphatic rings. The molecule has 0 unspecified atom stereocenters. The van der Waals surface area contributed by atoms with Gasteiger partial charge < -0.3 is 5.32 Å². The number of rotatable bonds is 7. The number of benzene rings is 1. The first kappa shape index (κ1) is 21.3. The Bertz CT molecular complexity index is 1200. The first-order valence-electron chi connectivity index (χ1n) is 9.65. The first-order chi connectivity index (χ1) is 15.2. The van der Waals surface area contributed by atoms with Gasteiger partial charge in [0.05, 0.1) is 27.9 Å². The molecule has 0 saturated heterocycles. The maximum Gasteiger partial charge on any atom is 0.230 e. The highest BCUT2D eigenvalue weighted by atomic mass is 32.2. The molecule has 4 nitrogen and oxygen atoms in total. The predicted molar refractivity (Wildman–Crippen MR) is 129 cm³/mol. The van der Waals surface area contributed by atoms with Crippen molar-refractivity contribution in [2.45, 2.75) is 18.0 Å². The molecule has 1 atom stereocenters. The van der Waals surface area contributed by atoms with Crippen molar-refractivity contribution in [2.75, 3.05) is 5.75 Å². The van der Waals surface area contributed by atoms with Gasteiger partial charge >= 0.3 is 0 Å². The van der Waals surface area contributed by atoms with Crippen molar-refractivity contribution in [3.8, 4) is 27.1 Å². The standard InChI is InChI=1S/C24H19N3OS3/c1-16(17-7-3-2-4-8-17)26-23(28)15-31-24-19(14-25)18(21-9-5-11-29-21)13-20(27-24)22-10-6-12-30-22/h2-13,16H,15H2,1H3,(H,26,28)/t16-/m1/s1. The third-order valence-electron chi connectivity index (χ3n) is 4.68. The van der Waals surface area contributed by atoms with Crippen LogP contribution in [0.25, 0.3) is 21.0 Å². The van der Waals surface area contributed by atoms with Crippen LogP contribution in [0.2, 0.25) is 0 Å². The van der Waals surface area contributed by atoms with Crippen molar-refractivity contribution in [3.05, 3.63) is 82.6 Å². The molecule has 0 aliphatic heterocycles. The third-order valence-corrected chi connectivity index (χ3v) is 7.45. The van der Waals surface area contributed by atoms with E-state index in [2.05, 4.69) is 11.4 Å². The number of nitriles is 1. The number of nitrogens with one attached hydrogen (secondary N) is 1. The van der Waals surface area contributed by atoms with E-state index >= 15 is 0 Å². The lowest BCUT2D eigenvalue weighted by molar-refractivity contribution is -0.119. The van der Waals surface area contributed by atoms with E-state index in [1.807, 2.05) is 78.3 Å².